The number of nitrogens with zero attached hydrogens (tertiary/aromatic N) is 1. The van der Waals surface area contributed by atoms with E-state index in [1.54, 1.807) is 0 Å². The van der Waals surface area contributed by atoms with Gasteiger partial charge in [0.05, 0.1) is 12.1 Å². The Kier molecular flexibility index (Phi) is 2.15. The molecular formula is C9H15NO2. The molecule has 0 saturated carbocycles. The molecule has 0 aromatic rings. The average Bonchev–Trinajstić information content (AvgIpc) is 2.54. The smallest absolute Gasteiger partial charge is 0.137 e. The lowest BCUT2D eigenvalue weighted by molar-refractivity contribution is -0.116. The van der Waals surface area contributed by atoms with Crippen LogP contribution in [0.1, 0.15) is 25.7 Å². The molecule has 3 atom stereocenters. The largest absolute Gasteiger partial charge is 0.391 e. The van der Waals surface area contributed by atoms with Crippen LogP contribution >= 0.6 is 0 Å². The molecule has 1 N–H and O–H groups in total. The number of fused-ring (bicyclic) bond motifs is 1. The minimum atomic E-state index is -0.191. The molecule has 68 valence electrons. The van der Waals surface area contributed by atoms with E-state index in [0.29, 0.717) is 0 Å². The number of carbonyl (C=O) groups excluding carboxylic acids is 1. The van der Waals surface area contributed by atoms with Gasteiger partial charge in [-0.1, -0.05) is 0 Å². The van der Waals surface area contributed by atoms with Crippen molar-refractivity contribution >= 4 is 6.29 Å². The number of carbonyl (C=O) groups is 1. The van der Waals surface area contributed by atoms with E-state index in [4.69, 9.17) is 0 Å². The minimum Gasteiger partial charge on any atom is -0.391 e. The van der Waals surface area contributed by atoms with Crippen LogP contribution < -0.4 is 0 Å². The summed E-state index contributed by atoms with van der Waals surface area (Å²) in [5, 5.41) is 9.64. The second-order valence-corrected chi connectivity index (χ2v) is 3.80. The summed E-state index contributed by atoms with van der Waals surface area (Å²) in [7, 11) is 0. The number of aldehydes is 1. The number of hydrogen-bond acceptors (Lipinski definition) is 3. The van der Waals surface area contributed by atoms with E-state index < -0.39 is 0 Å². The molecule has 3 nitrogen and oxygen atoms in total. The summed E-state index contributed by atoms with van der Waals surface area (Å²) in [4.78, 5) is 12.9. The van der Waals surface area contributed by atoms with Gasteiger partial charge in [-0.2, -0.15) is 0 Å². The Labute approximate surface area is 72.4 Å². The summed E-state index contributed by atoms with van der Waals surface area (Å²) in [6.45, 7) is 0.991. The molecule has 2 aliphatic heterocycles. The van der Waals surface area contributed by atoms with Crippen LogP contribution in [0.15, 0.2) is 0 Å². The van der Waals surface area contributed by atoms with E-state index >= 15 is 0 Å². The van der Waals surface area contributed by atoms with Gasteiger partial charge < -0.3 is 9.90 Å². The summed E-state index contributed by atoms with van der Waals surface area (Å²) in [6.07, 6.45) is 4.66. The van der Waals surface area contributed by atoms with Gasteiger partial charge in [0.25, 0.3) is 0 Å². The average molecular weight is 169 g/mol. The Morgan fingerprint density at radius 3 is 2.92 bits per heavy atom. The van der Waals surface area contributed by atoms with Crippen molar-refractivity contribution in [3.8, 4) is 0 Å². The topological polar surface area (TPSA) is 40.5 Å². The van der Waals surface area contributed by atoms with Crippen molar-refractivity contribution in [2.75, 3.05) is 6.54 Å². The molecule has 0 aromatic heterocycles. The second-order valence-electron chi connectivity index (χ2n) is 3.80. The van der Waals surface area contributed by atoms with Crippen LogP contribution in [0.25, 0.3) is 0 Å². The van der Waals surface area contributed by atoms with E-state index in [1.807, 2.05) is 0 Å². The van der Waals surface area contributed by atoms with Gasteiger partial charge in [-0.25, -0.2) is 0 Å². The maximum absolute atomic E-state index is 10.7. The Bertz CT molecular complexity index is 183. The van der Waals surface area contributed by atoms with Gasteiger partial charge >= 0.3 is 0 Å². The number of aliphatic hydroxyl groups is 1. The summed E-state index contributed by atoms with van der Waals surface area (Å²) in [6, 6.07) is 0.356. The predicted molar refractivity (Wildman–Crippen MR) is 44.8 cm³/mol. The highest BCUT2D eigenvalue weighted by molar-refractivity contribution is 5.58. The second kappa shape index (κ2) is 3.15. The number of piperidine rings is 1. The molecular weight excluding hydrogens is 154 g/mol. The van der Waals surface area contributed by atoms with Crippen molar-refractivity contribution < 1.29 is 9.90 Å². The molecule has 0 amide bonds. The SMILES string of the molecule is O=C[C@@H]1CC[C@H](O)[C@@H]2CCCN12. The summed E-state index contributed by atoms with van der Waals surface area (Å²) in [5.41, 5.74) is 0. The minimum absolute atomic E-state index is 0.0842. The van der Waals surface area contributed by atoms with Gasteiger partial charge in [0.1, 0.15) is 6.29 Å². The molecule has 2 aliphatic rings. The molecule has 3 heteroatoms. The summed E-state index contributed by atoms with van der Waals surface area (Å²) < 4.78 is 0. The Balaban J connectivity index is 2.10. The van der Waals surface area contributed by atoms with Crippen LogP contribution in [0, 0.1) is 0 Å². The molecule has 2 heterocycles. The fourth-order valence-electron chi connectivity index (χ4n) is 2.49. The van der Waals surface area contributed by atoms with E-state index in [2.05, 4.69) is 4.90 Å². The zero-order valence-electron chi connectivity index (χ0n) is 7.15. The molecule has 0 spiro atoms. The van der Waals surface area contributed by atoms with Gasteiger partial charge in [0.2, 0.25) is 0 Å². The third-order valence-electron chi connectivity index (χ3n) is 3.13. The van der Waals surface area contributed by atoms with E-state index in [-0.39, 0.29) is 18.2 Å². The van der Waals surface area contributed by atoms with Crippen molar-refractivity contribution in [2.45, 2.75) is 43.9 Å². The van der Waals surface area contributed by atoms with Crippen LogP contribution in [0.2, 0.25) is 0 Å². The van der Waals surface area contributed by atoms with Gasteiger partial charge in [-0.3, -0.25) is 4.90 Å². The number of hydrogen-bond donors (Lipinski definition) is 1. The molecule has 0 radical (unpaired) electrons. The lowest BCUT2D eigenvalue weighted by Gasteiger charge is -2.37. The highest BCUT2D eigenvalue weighted by Gasteiger charge is 2.38. The quantitative estimate of drug-likeness (QED) is 0.569. The molecule has 12 heavy (non-hydrogen) atoms. The highest BCUT2D eigenvalue weighted by atomic mass is 16.3. The van der Waals surface area contributed by atoms with Crippen LogP contribution in [-0.2, 0) is 4.79 Å². The third kappa shape index (κ3) is 1.17. The van der Waals surface area contributed by atoms with Crippen molar-refractivity contribution in [3.63, 3.8) is 0 Å². The monoisotopic (exact) mass is 169 g/mol. The lowest BCUT2D eigenvalue weighted by Crippen LogP contribution is -2.50. The van der Waals surface area contributed by atoms with Crippen LogP contribution in [-0.4, -0.2) is 41.0 Å². The maximum Gasteiger partial charge on any atom is 0.137 e. The molecule has 0 aromatic carbocycles. The van der Waals surface area contributed by atoms with Gasteiger partial charge in [-0.05, 0) is 32.2 Å². The molecule has 0 unspecified atom stereocenters. The van der Waals surface area contributed by atoms with E-state index in [0.717, 1.165) is 38.5 Å². The number of aliphatic hydroxyl groups excluding tert-OH is 1. The molecule has 0 bridgehead atoms. The van der Waals surface area contributed by atoms with Crippen LogP contribution in [0.4, 0.5) is 0 Å². The normalized spacial score (nSPS) is 42.6. The Morgan fingerprint density at radius 2 is 2.17 bits per heavy atom. The zero-order valence-corrected chi connectivity index (χ0v) is 7.15. The fourth-order valence-corrected chi connectivity index (χ4v) is 2.49. The van der Waals surface area contributed by atoms with Gasteiger partial charge in [-0.15, -0.1) is 0 Å². The standard InChI is InChI=1S/C9H15NO2/c11-6-7-3-4-9(12)8-2-1-5-10(7)8/h6-9,12H,1-5H2/t7-,8-,9-/m0/s1. The summed E-state index contributed by atoms with van der Waals surface area (Å²) in [5.74, 6) is 0. The van der Waals surface area contributed by atoms with Crippen molar-refractivity contribution in [2.24, 2.45) is 0 Å². The summed E-state index contributed by atoms with van der Waals surface area (Å²) >= 11 is 0. The third-order valence-corrected chi connectivity index (χ3v) is 3.13. The van der Waals surface area contributed by atoms with Crippen LogP contribution in [0.3, 0.4) is 0 Å². The van der Waals surface area contributed by atoms with E-state index in [1.165, 1.54) is 0 Å². The predicted octanol–water partition coefficient (Wildman–Crippen LogP) is 0.173. The first-order chi connectivity index (χ1) is 5.83. The first-order valence-electron chi connectivity index (χ1n) is 4.72. The molecule has 2 fully saturated rings. The zero-order chi connectivity index (χ0) is 8.55. The van der Waals surface area contributed by atoms with Gasteiger partial charge in [0, 0.05) is 6.04 Å². The number of rotatable bonds is 1. The first kappa shape index (κ1) is 8.20. The highest BCUT2D eigenvalue weighted by Crippen LogP contribution is 2.30. The fraction of sp³-hybridized carbons (Fsp3) is 0.889. The van der Waals surface area contributed by atoms with Crippen molar-refractivity contribution in [1.82, 2.24) is 4.90 Å². The van der Waals surface area contributed by atoms with E-state index in [9.17, 15) is 9.90 Å². The molecule has 0 aliphatic carbocycles. The molecule has 2 saturated heterocycles. The lowest BCUT2D eigenvalue weighted by atomic mass is 9.94. The molecule has 2 rings (SSSR count). The van der Waals surface area contributed by atoms with Crippen molar-refractivity contribution in [1.29, 1.82) is 0 Å². The Morgan fingerprint density at radius 1 is 1.33 bits per heavy atom. The van der Waals surface area contributed by atoms with Crippen molar-refractivity contribution in [3.05, 3.63) is 0 Å². The van der Waals surface area contributed by atoms with Crippen LogP contribution in [0.5, 0.6) is 0 Å². The van der Waals surface area contributed by atoms with Gasteiger partial charge in [0.15, 0.2) is 0 Å². The maximum atomic E-state index is 10.7. The Hall–Kier alpha value is -0.410. The first-order valence-corrected chi connectivity index (χ1v) is 4.72.